The Morgan fingerprint density at radius 3 is 2.47 bits per heavy atom. The highest BCUT2D eigenvalue weighted by molar-refractivity contribution is 5.76. The topological polar surface area (TPSA) is 32.8 Å². The Labute approximate surface area is 92.2 Å². The monoisotopic (exact) mass is 214 g/mol. The summed E-state index contributed by atoms with van der Waals surface area (Å²) in [5.74, 6) is 0.270. The first-order chi connectivity index (χ1) is 7.13. The van der Waals surface area contributed by atoms with E-state index in [1.807, 2.05) is 11.8 Å². The molecule has 1 saturated heterocycles. The molecule has 15 heavy (non-hydrogen) atoms. The van der Waals surface area contributed by atoms with E-state index in [0.29, 0.717) is 6.42 Å². The van der Waals surface area contributed by atoms with Gasteiger partial charge in [-0.25, -0.2) is 0 Å². The van der Waals surface area contributed by atoms with Crippen LogP contribution in [-0.2, 0) is 9.53 Å². The summed E-state index contributed by atoms with van der Waals surface area (Å²) in [6.45, 7) is 5.72. The maximum atomic E-state index is 11.8. The number of hydrogen-bond acceptors (Lipinski definition) is 3. The number of carbonyl (C=O) groups excluding carboxylic acids is 1. The van der Waals surface area contributed by atoms with Crippen molar-refractivity contribution >= 4 is 5.91 Å². The van der Waals surface area contributed by atoms with Crippen LogP contribution in [0.4, 0.5) is 0 Å². The van der Waals surface area contributed by atoms with Crippen LogP contribution in [-0.4, -0.2) is 62.1 Å². The molecule has 0 N–H and O–H groups in total. The van der Waals surface area contributed by atoms with Crippen LogP contribution >= 0.6 is 0 Å². The van der Waals surface area contributed by atoms with E-state index in [2.05, 4.69) is 11.9 Å². The van der Waals surface area contributed by atoms with Gasteiger partial charge in [0.1, 0.15) is 0 Å². The van der Waals surface area contributed by atoms with Crippen molar-refractivity contribution in [3.8, 4) is 0 Å². The first kappa shape index (κ1) is 12.5. The lowest BCUT2D eigenvalue weighted by Gasteiger charge is -2.32. The van der Waals surface area contributed by atoms with Gasteiger partial charge in [-0.1, -0.05) is 0 Å². The Balaban J connectivity index is 2.22. The van der Waals surface area contributed by atoms with Crippen LogP contribution in [0.2, 0.25) is 0 Å². The highest BCUT2D eigenvalue weighted by atomic mass is 16.5. The van der Waals surface area contributed by atoms with Crippen molar-refractivity contribution in [2.75, 3.05) is 40.3 Å². The zero-order valence-corrected chi connectivity index (χ0v) is 10.0. The normalized spacial score (nSPS) is 20.3. The molecule has 4 nitrogen and oxygen atoms in total. The van der Waals surface area contributed by atoms with Crippen LogP contribution < -0.4 is 0 Å². The van der Waals surface area contributed by atoms with Gasteiger partial charge in [-0.15, -0.1) is 0 Å². The molecular formula is C11H22N2O2. The third-order valence-corrected chi connectivity index (χ3v) is 3.02. The Morgan fingerprint density at radius 2 is 1.93 bits per heavy atom. The van der Waals surface area contributed by atoms with Gasteiger partial charge in [-0.3, -0.25) is 4.79 Å². The number of methoxy groups -OCH3 is 1. The van der Waals surface area contributed by atoms with Gasteiger partial charge < -0.3 is 14.5 Å². The third-order valence-electron chi connectivity index (χ3n) is 3.02. The molecule has 1 aliphatic rings. The Morgan fingerprint density at radius 1 is 1.33 bits per heavy atom. The fraction of sp³-hybridized carbons (Fsp3) is 0.909. The average molecular weight is 214 g/mol. The molecule has 0 bridgehead atoms. The second kappa shape index (κ2) is 6.08. The summed E-state index contributed by atoms with van der Waals surface area (Å²) in [6, 6.07) is 0. The molecule has 1 unspecified atom stereocenters. The van der Waals surface area contributed by atoms with Crippen molar-refractivity contribution in [1.29, 1.82) is 0 Å². The Bertz CT molecular complexity index is 201. The molecule has 1 heterocycles. The number of amides is 1. The molecule has 0 aromatic rings. The lowest BCUT2D eigenvalue weighted by molar-refractivity contribution is -0.133. The number of nitrogens with zero attached hydrogens (tertiary/aromatic N) is 2. The quantitative estimate of drug-likeness (QED) is 0.686. The highest BCUT2D eigenvalue weighted by Gasteiger charge is 2.18. The summed E-state index contributed by atoms with van der Waals surface area (Å²) in [6.07, 6.45) is 1.61. The van der Waals surface area contributed by atoms with Crippen LogP contribution in [0, 0.1) is 0 Å². The smallest absolute Gasteiger partial charge is 0.222 e. The molecule has 0 spiro atoms. The van der Waals surface area contributed by atoms with Gasteiger partial charge in [0.05, 0.1) is 6.10 Å². The summed E-state index contributed by atoms with van der Waals surface area (Å²) in [5, 5.41) is 0. The van der Waals surface area contributed by atoms with Crippen molar-refractivity contribution in [1.82, 2.24) is 9.80 Å². The number of ether oxygens (including phenoxy) is 1. The van der Waals surface area contributed by atoms with Crippen molar-refractivity contribution in [2.24, 2.45) is 0 Å². The van der Waals surface area contributed by atoms with Gasteiger partial charge in [-0.2, -0.15) is 0 Å². The molecule has 1 fully saturated rings. The van der Waals surface area contributed by atoms with E-state index in [1.54, 1.807) is 7.11 Å². The Kier molecular flexibility index (Phi) is 5.05. The number of rotatable bonds is 4. The first-order valence-electron chi connectivity index (χ1n) is 5.62. The van der Waals surface area contributed by atoms with Gasteiger partial charge in [0, 0.05) is 39.7 Å². The van der Waals surface area contributed by atoms with Crippen molar-refractivity contribution < 1.29 is 9.53 Å². The fourth-order valence-corrected chi connectivity index (χ4v) is 1.66. The van der Waals surface area contributed by atoms with Gasteiger partial charge in [0.15, 0.2) is 0 Å². The summed E-state index contributed by atoms with van der Waals surface area (Å²) in [4.78, 5) is 16.0. The van der Waals surface area contributed by atoms with E-state index in [9.17, 15) is 4.79 Å². The molecule has 1 atom stereocenters. The summed E-state index contributed by atoms with van der Waals surface area (Å²) in [5.41, 5.74) is 0. The predicted octanol–water partition coefficient (Wildman–Crippen LogP) is 0.575. The van der Waals surface area contributed by atoms with E-state index in [0.717, 1.165) is 32.6 Å². The van der Waals surface area contributed by atoms with E-state index in [4.69, 9.17) is 4.74 Å². The van der Waals surface area contributed by atoms with Crippen molar-refractivity contribution in [3.63, 3.8) is 0 Å². The minimum Gasteiger partial charge on any atom is -0.382 e. The van der Waals surface area contributed by atoms with Crippen LogP contribution in [0.3, 0.4) is 0 Å². The third kappa shape index (κ3) is 4.18. The van der Waals surface area contributed by atoms with Gasteiger partial charge in [-0.05, 0) is 20.4 Å². The summed E-state index contributed by atoms with van der Waals surface area (Å²) >= 11 is 0. The van der Waals surface area contributed by atoms with Crippen molar-refractivity contribution in [2.45, 2.75) is 25.9 Å². The summed E-state index contributed by atoms with van der Waals surface area (Å²) < 4.78 is 5.13. The average Bonchev–Trinajstić information content (AvgIpc) is 2.26. The van der Waals surface area contributed by atoms with Gasteiger partial charge in [0.25, 0.3) is 0 Å². The maximum Gasteiger partial charge on any atom is 0.222 e. The van der Waals surface area contributed by atoms with Gasteiger partial charge >= 0.3 is 0 Å². The fourth-order valence-electron chi connectivity index (χ4n) is 1.66. The Hall–Kier alpha value is -0.610. The van der Waals surface area contributed by atoms with E-state index >= 15 is 0 Å². The van der Waals surface area contributed by atoms with Crippen molar-refractivity contribution in [3.05, 3.63) is 0 Å². The second-order valence-electron chi connectivity index (χ2n) is 4.27. The summed E-state index contributed by atoms with van der Waals surface area (Å²) in [7, 11) is 3.78. The molecule has 0 radical (unpaired) electrons. The number of likely N-dealkylation sites (N-methyl/N-ethyl adjacent to an activating group) is 1. The van der Waals surface area contributed by atoms with Gasteiger partial charge in [0.2, 0.25) is 5.91 Å². The van der Waals surface area contributed by atoms with E-state index in [1.165, 1.54) is 0 Å². The molecule has 88 valence electrons. The number of hydrogen-bond donors (Lipinski definition) is 0. The zero-order valence-electron chi connectivity index (χ0n) is 10.0. The maximum absolute atomic E-state index is 11.8. The number of carbonyl (C=O) groups is 1. The second-order valence-corrected chi connectivity index (χ2v) is 4.27. The molecule has 1 rings (SSSR count). The van der Waals surface area contributed by atoms with E-state index < -0.39 is 0 Å². The van der Waals surface area contributed by atoms with Crippen LogP contribution in [0.25, 0.3) is 0 Å². The molecule has 0 aromatic heterocycles. The molecule has 4 heteroatoms. The predicted molar refractivity (Wildman–Crippen MR) is 59.8 cm³/mol. The largest absolute Gasteiger partial charge is 0.382 e. The zero-order chi connectivity index (χ0) is 11.3. The molecule has 0 aliphatic carbocycles. The molecule has 1 aliphatic heterocycles. The minimum atomic E-state index is 0.182. The van der Waals surface area contributed by atoms with Crippen LogP contribution in [0.1, 0.15) is 19.8 Å². The first-order valence-corrected chi connectivity index (χ1v) is 5.62. The van der Waals surface area contributed by atoms with E-state index in [-0.39, 0.29) is 12.0 Å². The lowest BCUT2D eigenvalue weighted by Crippen LogP contribution is -2.47. The van der Waals surface area contributed by atoms with Crippen LogP contribution in [0.15, 0.2) is 0 Å². The molecule has 0 aromatic carbocycles. The molecule has 0 saturated carbocycles. The molecular weight excluding hydrogens is 192 g/mol. The SMILES string of the molecule is COC(C)CCC(=O)N1CCN(C)CC1. The minimum absolute atomic E-state index is 0.182. The lowest BCUT2D eigenvalue weighted by atomic mass is 10.2. The standard InChI is InChI=1S/C11H22N2O2/c1-10(15-3)4-5-11(14)13-8-6-12(2)7-9-13/h10H,4-9H2,1-3H3. The highest BCUT2D eigenvalue weighted by Crippen LogP contribution is 2.06. The number of piperazine rings is 1. The van der Waals surface area contributed by atoms with Crippen LogP contribution in [0.5, 0.6) is 0 Å². The molecule has 1 amide bonds.